The lowest BCUT2D eigenvalue weighted by Crippen LogP contribution is -2.43. The first-order chi connectivity index (χ1) is 12.5. The Hall–Kier alpha value is -1.56. The van der Waals surface area contributed by atoms with Gasteiger partial charge in [0, 0.05) is 18.8 Å². The molecule has 2 N–H and O–H groups in total. The number of sulfone groups is 1. The number of aliphatic hydroxyl groups excluding tert-OH is 1. The van der Waals surface area contributed by atoms with Gasteiger partial charge in [-0.15, -0.1) is 0 Å². The maximum absolute atomic E-state index is 13.3. The third kappa shape index (κ3) is 4.15. The van der Waals surface area contributed by atoms with Crippen LogP contribution in [0.1, 0.15) is 12.0 Å². The van der Waals surface area contributed by atoms with Gasteiger partial charge >= 0.3 is 0 Å². The highest BCUT2D eigenvalue weighted by Crippen LogP contribution is 2.28. The summed E-state index contributed by atoms with van der Waals surface area (Å²) in [5.41, 5.74) is 0.789. The van der Waals surface area contributed by atoms with Crippen molar-refractivity contribution < 1.29 is 31.1 Å². The van der Waals surface area contributed by atoms with Gasteiger partial charge in [-0.1, -0.05) is 0 Å². The number of anilines is 1. The van der Waals surface area contributed by atoms with Crippen LogP contribution in [0.4, 0.5) is 10.1 Å². The maximum atomic E-state index is 13.3. The molecule has 0 spiro atoms. The molecule has 2 aliphatic heterocycles. The molecule has 2 saturated heterocycles. The number of sulfonamides is 1. The van der Waals surface area contributed by atoms with Gasteiger partial charge in [-0.2, -0.15) is 0 Å². The zero-order valence-corrected chi connectivity index (χ0v) is 16.3. The zero-order valence-electron chi connectivity index (χ0n) is 14.6. The van der Waals surface area contributed by atoms with Crippen molar-refractivity contribution in [2.24, 2.45) is 5.92 Å². The van der Waals surface area contributed by atoms with Crippen molar-refractivity contribution in [1.29, 1.82) is 0 Å². The molecular formula is C16H21FN2O6S2. The van der Waals surface area contributed by atoms with Crippen molar-refractivity contribution in [2.45, 2.75) is 24.7 Å². The Bertz CT molecular complexity index is 963. The van der Waals surface area contributed by atoms with Crippen LogP contribution in [0.15, 0.2) is 18.2 Å². The van der Waals surface area contributed by atoms with E-state index < -0.39 is 60.4 Å². The fourth-order valence-corrected chi connectivity index (χ4v) is 8.08. The van der Waals surface area contributed by atoms with Crippen molar-refractivity contribution in [2.75, 3.05) is 29.9 Å². The predicted octanol–water partition coefficient (Wildman–Crippen LogP) is -0.118. The molecule has 2 aliphatic rings. The van der Waals surface area contributed by atoms with Gasteiger partial charge in [-0.05, 0) is 37.1 Å². The van der Waals surface area contributed by atoms with Crippen LogP contribution in [-0.4, -0.2) is 68.1 Å². The fourth-order valence-electron chi connectivity index (χ4n) is 3.41. The average molecular weight is 420 g/mol. The summed E-state index contributed by atoms with van der Waals surface area (Å²) in [6.45, 7) is 1.56. The van der Waals surface area contributed by atoms with Gasteiger partial charge in [0.2, 0.25) is 15.9 Å². The molecule has 1 aromatic rings. The van der Waals surface area contributed by atoms with E-state index in [-0.39, 0.29) is 19.5 Å². The first kappa shape index (κ1) is 20.2. The van der Waals surface area contributed by atoms with Crippen LogP contribution in [0.25, 0.3) is 0 Å². The minimum atomic E-state index is -4.04. The first-order valence-electron chi connectivity index (χ1n) is 8.44. The highest BCUT2D eigenvalue weighted by molar-refractivity contribution is 7.95. The number of carbonyl (C=O) groups is 1. The van der Waals surface area contributed by atoms with E-state index in [9.17, 15) is 31.1 Å². The number of aryl methyl sites for hydroxylation is 1. The number of nitrogens with zero attached hydrogens (tertiary/aromatic N) is 1. The summed E-state index contributed by atoms with van der Waals surface area (Å²) in [4.78, 5) is 12.4. The molecule has 8 nitrogen and oxygen atoms in total. The Morgan fingerprint density at radius 3 is 2.63 bits per heavy atom. The van der Waals surface area contributed by atoms with E-state index >= 15 is 0 Å². The van der Waals surface area contributed by atoms with Crippen molar-refractivity contribution in [1.82, 2.24) is 4.31 Å². The Kier molecular flexibility index (Phi) is 5.32. The number of aliphatic hydroxyl groups is 1. The van der Waals surface area contributed by atoms with E-state index in [0.29, 0.717) is 11.3 Å². The van der Waals surface area contributed by atoms with E-state index in [4.69, 9.17) is 0 Å². The topological polar surface area (TPSA) is 121 Å². The van der Waals surface area contributed by atoms with E-state index in [1.165, 1.54) is 18.2 Å². The van der Waals surface area contributed by atoms with E-state index in [1.807, 2.05) is 0 Å². The summed E-state index contributed by atoms with van der Waals surface area (Å²) in [6.07, 6.45) is -1.18. The number of rotatable bonds is 4. The van der Waals surface area contributed by atoms with Gasteiger partial charge in [0.15, 0.2) is 9.84 Å². The molecule has 1 amide bonds. The molecule has 3 atom stereocenters. The number of hydrogen-bond donors (Lipinski definition) is 2. The van der Waals surface area contributed by atoms with Crippen molar-refractivity contribution in [3.05, 3.63) is 29.6 Å². The molecule has 0 radical (unpaired) electrons. The third-order valence-corrected chi connectivity index (χ3v) is 9.19. The molecule has 2 unspecified atom stereocenters. The predicted molar refractivity (Wildman–Crippen MR) is 96.8 cm³/mol. The lowest BCUT2D eigenvalue weighted by Gasteiger charge is -2.22. The normalized spacial score (nSPS) is 28.3. The zero-order chi connectivity index (χ0) is 20.0. The van der Waals surface area contributed by atoms with Gasteiger partial charge in [0.25, 0.3) is 0 Å². The third-order valence-electron chi connectivity index (χ3n) is 4.96. The van der Waals surface area contributed by atoms with E-state index in [2.05, 4.69) is 5.32 Å². The number of amides is 1. The second kappa shape index (κ2) is 7.12. The molecule has 27 heavy (non-hydrogen) atoms. The van der Waals surface area contributed by atoms with Crippen LogP contribution < -0.4 is 5.32 Å². The Labute approximate surface area is 157 Å². The minimum absolute atomic E-state index is 0.0755. The molecule has 3 rings (SSSR count). The van der Waals surface area contributed by atoms with Gasteiger partial charge < -0.3 is 10.4 Å². The number of hydrogen-bond acceptors (Lipinski definition) is 6. The number of benzene rings is 1. The van der Waals surface area contributed by atoms with E-state index in [1.54, 1.807) is 6.92 Å². The van der Waals surface area contributed by atoms with Gasteiger partial charge in [-0.25, -0.2) is 25.5 Å². The summed E-state index contributed by atoms with van der Waals surface area (Å²) >= 11 is 0. The largest absolute Gasteiger partial charge is 0.391 e. The Morgan fingerprint density at radius 1 is 1.33 bits per heavy atom. The summed E-state index contributed by atoms with van der Waals surface area (Å²) in [5.74, 6) is -2.58. The first-order valence-corrected chi connectivity index (χ1v) is 11.8. The molecule has 11 heteroatoms. The standard InChI is InChI=1S/C16H21FN2O6S2/c1-10-6-12(2-3-13(10)17)18-16(21)11-4-5-19(7-11)27(24,25)15-9-26(22,23)8-14(15)20/h2-3,6,11,14-15,20H,4-5,7-9H2,1H3,(H,18,21)/t11-,14?,15?/m0/s1. The second-order valence-electron chi connectivity index (χ2n) is 7.02. The molecule has 1 aromatic carbocycles. The van der Waals surface area contributed by atoms with E-state index in [0.717, 1.165) is 4.31 Å². The number of nitrogens with one attached hydrogen (secondary N) is 1. The quantitative estimate of drug-likeness (QED) is 0.701. The monoisotopic (exact) mass is 420 g/mol. The number of halogens is 1. The van der Waals surface area contributed by atoms with Gasteiger partial charge in [0.05, 0.1) is 23.5 Å². The smallest absolute Gasteiger partial charge is 0.228 e. The maximum Gasteiger partial charge on any atom is 0.228 e. The highest BCUT2D eigenvalue weighted by atomic mass is 32.2. The molecule has 0 saturated carbocycles. The van der Waals surface area contributed by atoms with Gasteiger partial charge in [0.1, 0.15) is 11.1 Å². The van der Waals surface area contributed by atoms with Crippen LogP contribution in [-0.2, 0) is 24.7 Å². The van der Waals surface area contributed by atoms with Crippen molar-refractivity contribution >= 4 is 31.5 Å². The Balaban J connectivity index is 1.67. The van der Waals surface area contributed by atoms with Crippen LogP contribution in [0.2, 0.25) is 0 Å². The molecule has 0 aromatic heterocycles. The molecular weight excluding hydrogens is 399 g/mol. The SMILES string of the molecule is Cc1cc(NC(=O)[C@H]2CCN(S(=O)(=O)C3CS(=O)(=O)CC3O)C2)ccc1F. The summed E-state index contributed by atoms with van der Waals surface area (Å²) in [5, 5.41) is 11.1. The van der Waals surface area contributed by atoms with Gasteiger partial charge in [-0.3, -0.25) is 4.79 Å². The highest BCUT2D eigenvalue weighted by Gasteiger charge is 2.48. The van der Waals surface area contributed by atoms with Crippen molar-refractivity contribution in [3.63, 3.8) is 0 Å². The van der Waals surface area contributed by atoms with Crippen molar-refractivity contribution in [3.8, 4) is 0 Å². The summed E-state index contributed by atoms with van der Waals surface area (Å²) < 4.78 is 62.9. The molecule has 0 aliphatic carbocycles. The molecule has 2 fully saturated rings. The number of carbonyl (C=O) groups excluding carboxylic acids is 1. The second-order valence-corrected chi connectivity index (χ2v) is 11.3. The Morgan fingerprint density at radius 2 is 2.04 bits per heavy atom. The molecule has 0 bridgehead atoms. The van der Waals surface area contributed by atoms with Crippen LogP contribution >= 0.6 is 0 Å². The lowest BCUT2D eigenvalue weighted by molar-refractivity contribution is -0.119. The summed E-state index contributed by atoms with van der Waals surface area (Å²) in [6, 6.07) is 4.14. The van der Waals surface area contributed by atoms with Crippen LogP contribution in [0.5, 0.6) is 0 Å². The fraction of sp³-hybridized carbons (Fsp3) is 0.562. The average Bonchev–Trinajstić information content (AvgIpc) is 3.16. The minimum Gasteiger partial charge on any atom is -0.391 e. The lowest BCUT2D eigenvalue weighted by atomic mass is 10.1. The molecule has 2 heterocycles. The summed E-state index contributed by atoms with van der Waals surface area (Å²) in [7, 11) is -7.64. The van der Waals surface area contributed by atoms with Crippen LogP contribution in [0, 0.1) is 18.7 Å². The van der Waals surface area contributed by atoms with Crippen LogP contribution in [0.3, 0.4) is 0 Å². The molecule has 150 valence electrons.